The van der Waals surface area contributed by atoms with Gasteiger partial charge in [-0.2, -0.15) is 0 Å². The lowest BCUT2D eigenvalue weighted by Gasteiger charge is -2.18. The van der Waals surface area contributed by atoms with Gasteiger partial charge < -0.3 is 10.2 Å². The number of hydrogen-bond donors (Lipinski definition) is 2. The molecule has 2 N–H and O–H groups in total. The van der Waals surface area contributed by atoms with Gasteiger partial charge in [-0.1, -0.05) is 29.3 Å². The molecule has 0 saturated heterocycles. The van der Waals surface area contributed by atoms with Gasteiger partial charge in [0, 0.05) is 5.88 Å². The molecule has 1 aromatic carbocycles. The van der Waals surface area contributed by atoms with E-state index in [1.165, 1.54) is 0 Å². The third-order valence-electron chi connectivity index (χ3n) is 2.35. The van der Waals surface area contributed by atoms with Crippen molar-refractivity contribution >= 4 is 11.6 Å². The maximum Gasteiger partial charge on any atom is 0.105 e. The van der Waals surface area contributed by atoms with Crippen LogP contribution in [-0.4, -0.2) is 22.2 Å². The zero-order valence-corrected chi connectivity index (χ0v) is 9.83. The Morgan fingerprint density at radius 3 is 2.13 bits per heavy atom. The van der Waals surface area contributed by atoms with Crippen LogP contribution in [0.4, 0.5) is 0 Å². The number of aliphatic hydroxyl groups excluding tert-OH is 2. The van der Waals surface area contributed by atoms with Crippen molar-refractivity contribution in [3.63, 3.8) is 0 Å². The molecule has 0 aromatic heterocycles. The number of aryl methyl sites for hydroxylation is 2. The Bertz CT molecular complexity index is 305. The van der Waals surface area contributed by atoms with E-state index in [0.717, 1.165) is 16.7 Å². The fourth-order valence-corrected chi connectivity index (χ4v) is 1.90. The van der Waals surface area contributed by atoms with Gasteiger partial charge >= 0.3 is 0 Å². The minimum absolute atomic E-state index is 0.350. The second kappa shape index (κ2) is 5.50. The van der Waals surface area contributed by atoms with Crippen LogP contribution in [0.5, 0.6) is 0 Å². The predicted octanol–water partition coefficient (Wildman–Crippen LogP) is 2.33. The number of hydrogen-bond acceptors (Lipinski definition) is 2. The standard InChI is InChI=1S/C12H17ClO2/c1-8-5-9(2)7-10(6-8)12(15)11(14)3-4-13/h5-7,11-12,14-15H,3-4H2,1-2H3. The summed E-state index contributed by atoms with van der Waals surface area (Å²) in [5.41, 5.74) is 2.93. The van der Waals surface area contributed by atoms with Crippen LogP contribution in [0.2, 0.25) is 0 Å². The quantitative estimate of drug-likeness (QED) is 0.777. The molecule has 2 unspecified atom stereocenters. The highest BCUT2D eigenvalue weighted by Gasteiger charge is 2.17. The van der Waals surface area contributed by atoms with Crippen LogP contribution in [-0.2, 0) is 0 Å². The van der Waals surface area contributed by atoms with Crippen molar-refractivity contribution in [2.24, 2.45) is 0 Å². The molecule has 0 aliphatic rings. The van der Waals surface area contributed by atoms with Gasteiger partial charge in [-0.05, 0) is 25.8 Å². The van der Waals surface area contributed by atoms with E-state index in [1.807, 2.05) is 32.0 Å². The molecule has 0 fully saturated rings. The van der Waals surface area contributed by atoms with Crippen molar-refractivity contribution in [2.75, 3.05) is 5.88 Å². The molecular weight excluding hydrogens is 212 g/mol. The highest BCUT2D eigenvalue weighted by molar-refractivity contribution is 6.17. The van der Waals surface area contributed by atoms with Crippen LogP contribution in [0, 0.1) is 13.8 Å². The number of rotatable bonds is 4. The van der Waals surface area contributed by atoms with E-state index in [0.29, 0.717) is 12.3 Å². The molecule has 1 aromatic rings. The molecule has 84 valence electrons. The van der Waals surface area contributed by atoms with Gasteiger partial charge in [0.05, 0.1) is 6.10 Å². The van der Waals surface area contributed by atoms with Crippen LogP contribution < -0.4 is 0 Å². The van der Waals surface area contributed by atoms with E-state index in [-0.39, 0.29) is 0 Å². The Kier molecular flexibility index (Phi) is 4.58. The first-order valence-corrected chi connectivity index (χ1v) is 5.58. The van der Waals surface area contributed by atoms with Gasteiger partial charge in [0.25, 0.3) is 0 Å². The highest BCUT2D eigenvalue weighted by atomic mass is 35.5. The molecule has 0 saturated carbocycles. The minimum Gasteiger partial charge on any atom is -0.390 e. The van der Waals surface area contributed by atoms with E-state index in [2.05, 4.69) is 0 Å². The largest absolute Gasteiger partial charge is 0.390 e. The van der Waals surface area contributed by atoms with Crippen LogP contribution in [0.25, 0.3) is 0 Å². The zero-order valence-electron chi connectivity index (χ0n) is 9.07. The minimum atomic E-state index is -0.845. The molecule has 0 amide bonds. The lowest BCUT2D eigenvalue weighted by Crippen LogP contribution is -2.18. The van der Waals surface area contributed by atoms with Crippen molar-refractivity contribution in [3.05, 3.63) is 34.9 Å². The van der Waals surface area contributed by atoms with Crippen molar-refractivity contribution in [1.29, 1.82) is 0 Å². The number of aliphatic hydroxyl groups is 2. The molecule has 2 nitrogen and oxygen atoms in total. The monoisotopic (exact) mass is 228 g/mol. The topological polar surface area (TPSA) is 40.5 Å². The normalized spacial score (nSPS) is 15.0. The smallest absolute Gasteiger partial charge is 0.105 e. The summed E-state index contributed by atoms with van der Waals surface area (Å²) in [4.78, 5) is 0. The Labute approximate surface area is 95.5 Å². The van der Waals surface area contributed by atoms with Crippen molar-refractivity contribution < 1.29 is 10.2 Å². The lowest BCUT2D eigenvalue weighted by atomic mass is 9.99. The van der Waals surface area contributed by atoms with E-state index in [1.54, 1.807) is 0 Å². The Balaban J connectivity index is 2.85. The van der Waals surface area contributed by atoms with Gasteiger partial charge in [-0.25, -0.2) is 0 Å². The fourth-order valence-electron chi connectivity index (χ4n) is 1.67. The molecule has 2 atom stereocenters. The third kappa shape index (κ3) is 3.49. The van der Waals surface area contributed by atoms with Crippen LogP contribution in [0.1, 0.15) is 29.2 Å². The fraction of sp³-hybridized carbons (Fsp3) is 0.500. The molecule has 3 heteroatoms. The van der Waals surface area contributed by atoms with E-state index < -0.39 is 12.2 Å². The SMILES string of the molecule is Cc1cc(C)cc(C(O)C(O)CCCl)c1. The zero-order chi connectivity index (χ0) is 11.4. The number of alkyl halides is 1. The molecule has 1 rings (SSSR count). The van der Waals surface area contributed by atoms with Gasteiger partial charge in [0.1, 0.15) is 6.10 Å². The first kappa shape index (κ1) is 12.5. The summed E-state index contributed by atoms with van der Waals surface area (Å²) in [5, 5.41) is 19.5. The molecule has 0 radical (unpaired) electrons. The first-order valence-electron chi connectivity index (χ1n) is 5.05. The van der Waals surface area contributed by atoms with E-state index in [9.17, 15) is 10.2 Å². The van der Waals surface area contributed by atoms with Crippen LogP contribution in [0.3, 0.4) is 0 Å². The van der Waals surface area contributed by atoms with Gasteiger partial charge in [0.15, 0.2) is 0 Å². The lowest BCUT2D eigenvalue weighted by molar-refractivity contribution is 0.0169. The van der Waals surface area contributed by atoms with Gasteiger partial charge in [0.2, 0.25) is 0 Å². The second-order valence-electron chi connectivity index (χ2n) is 3.91. The Hall–Kier alpha value is -0.570. The summed E-state index contributed by atoms with van der Waals surface area (Å²) in [6.07, 6.45) is -1.23. The molecule has 15 heavy (non-hydrogen) atoms. The Morgan fingerprint density at radius 1 is 1.13 bits per heavy atom. The molecule has 0 aliphatic carbocycles. The molecule has 0 heterocycles. The van der Waals surface area contributed by atoms with Gasteiger partial charge in [-0.15, -0.1) is 11.6 Å². The Morgan fingerprint density at radius 2 is 1.67 bits per heavy atom. The number of halogens is 1. The predicted molar refractivity (Wildman–Crippen MR) is 62.2 cm³/mol. The summed E-state index contributed by atoms with van der Waals surface area (Å²) in [5.74, 6) is 0.350. The van der Waals surface area contributed by atoms with E-state index in [4.69, 9.17) is 11.6 Å². The van der Waals surface area contributed by atoms with Crippen molar-refractivity contribution in [3.8, 4) is 0 Å². The summed E-state index contributed by atoms with van der Waals surface area (Å²) < 4.78 is 0. The maximum absolute atomic E-state index is 9.86. The highest BCUT2D eigenvalue weighted by Crippen LogP contribution is 2.21. The molecule has 0 aliphatic heterocycles. The third-order valence-corrected chi connectivity index (χ3v) is 2.57. The van der Waals surface area contributed by atoms with E-state index >= 15 is 0 Å². The first-order chi connectivity index (χ1) is 7.04. The summed E-state index contributed by atoms with van der Waals surface area (Å²) in [6.45, 7) is 3.94. The maximum atomic E-state index is 9.86. The van der Waals surface area contributed by atoms with Crippen LogP contribution in [0.15, 0.2) is 18.2 Å². The second-order valence-corrected chi connectivity index (χ2v) is 4.29. The van der Waals surface area contributed by atoms with Gasteiger partial charge in [-0.3, -0.25) is 0 Å². The van der Waals surface area contributed by atoms with Crippen molar-refractivity contribution in [1.82, 2.24) is 0 Å². The average Bonchev–Trinajstić information content (AvgIpc) is 2.15. The molecule has 0 bridgehead atoms. The summed E-state index contributed by atoms with van der Waals surface area (Å²) in [6, 6.07) is 5.80. The number of benzene rings is 1. The molecule has 0 spiro atoms. The van der Waals surface area contributed by atoms with Crippen molar-refractivity contribution in [2.45, 2.75) is 32.5 Å². The molecular formula is C12H17ClO2. The van der Waals surface area contributed by atoms with Crippen LogP contribution >= 0.6 is 11.6 Å². The summed E-state index contributed by atoms with van der Waals surface area (Å²) in [7, 11) is 0. The average molecular weight is 229 g/mol. The summed E-state index contributed by atoms with van der Waals surface area (Å²) >= 11 is 5.52.